The van der Waals surface area contributed by atoms with E-state index in [4.69, 9.17) is 0 Å². The van der Waals surface area contributed by atoms with Crippen LogP contribution in [0.5, 0.6) is 0 Å². The number of ketones is 1. The zero-order valence-electron chi connectivity index (χ0n) is 9.45. The fraction of sp³-hybridized carbons (Fsp3) is 0.167. The predicted octanol–water partition coefficient (Wildman–Crippen LogP) is 1.12. The van der Waals surface area contributed by atoms with Gasteiger partial charge in [0, 0.05) is 37.4 Å². The molecule has 86 valence electrons. The molecule has 0 aliphatic carbocycles. The van der Waals surface area contributed by atoms with E-state index in [-0.39, 0.29) is 12.3 Å². The maximum atomic E-state index is 11.7. The summed E-state index contributed by atoms with van der Waals surface area (Å²) in [7, 11) is 1.87. The Kier molecular flexibility index (Phi) is 3.40. The Bertz CT molecular complexity index is 530. The second-order valence-corrected chi connectivity index (χ2v) is 3.53. The molecule has 2 aromatic rings. The number of hydrogen-bond donors (Lipinski definition) is 0. The van der Waals surface area contributed by atoms with Gasteiger partial charge in [-0.2, -0.15) is 0 Å². The Hall–Kier alpha value is -2.30. The zero-order valence-corrected chi connectivity index (χ0v) is 9.45. The van der Waals surface area contributed by atoms with E-state index in [9.17, 15) is 4.79 Å². The van der Waals surface area contributed by atoms with Crippen molar-refractivity contribution in [3.8, 4) is 0 Å². The second-order valence-electron chi connectivity index (χ2n) is 3.53. The molecular weight excluding hydrogens is 216 g/mol. The molecule has 0 unspecified atom stereocenters. The summed E-state index contributed by atoms with van der Waals surface area (Å²) in [4.78, 5) is 23.7. The van der Waals surface area contributed by atoms with Crippen LogP contribution in [0, 0.1) is 0 Å². The van der Waals surface area contributed by atoms with Crippen molar-refractivity contribution in [2.24, 2.45) is 12.0 Å². The van der Waals surface area contributed by atoms with Crippen molar-refractivity contribution in [1.29, 1.82) is 0 Å². The Labute approximate surface area is 98.9 Å². The van der Waals surface area contributed by atoms with Gasteiger partial charge in [-0.3, -0.25) is 14.8 Å². The highest BCUT2D eigenvalue weighted by atomic mass is 16.1. The van der Waals surface area contributed by atoms with E-state index in [0.717, 1.165) is 5.82 Å². The minimum Gasteiger partial charge on any atom is -0.333 e. The average molecular weight is 228 g/mol. The van der Waals surface area contributed by atoms with Crippen LogP contribution in [0.25, 0.3) is 0 Å². The van der Waals surface area contributed by atoms with Gasteiger partial charge < -0.3 is 4.57 Å². The molecule has 5 nitrogen and oxygen atoms in total. The largest absolute Gasteiger partial charge is 0.333 e. The van der Waals surface area contributed by atoms with Crippen LogP contribution < -0.4 is 0 Å². The molecule has 0 radical (unpaired) electrons. The van der Waals surface area contributed by atoms with Gasteiger partial charge in [0.25, 0.3) is 0 Å². The molecule has 0 bridgehead atoms. The summed E-state index contributed by atoms with van der Waals surface area (Å²) in [6.07, 6.45) is 8.27. The first kappa shape index (κ1) is 11.2. The van der Waals surface area contributed by atoms with Gasteiger partial charge in [0.15, 0.2) is 5.78 Å². The highest BCUT2D eigenvalue weighted by Gasteiger charge is 2.03. The molecule has 0 N–H and O–H groups in total. The van der Waals surface area contributed by atoms with Gasteiger partial charge in [-0.25, -0.2) is 4.98 Å². The van der Waals surface area contributed by atoms with E-state index in [0.29, 0.717) is 5.56 Å². The summed E-state index contributed by atoms with van der Waals surface area (Å²) >= 11 is 0. The van der Waals surface area contributed by atoms with E-state index in [1.165, 1.54) is 0 Å². The third-order valence-corrected chi connectivity index (χ3v) is 2.28. The van der Waals surface area contributed by atoms with Crippen molar-refractivity contribution in [3.63, 3.8) is 0 Å². The smallest absolute Gasteiger partial charge is 0.185 e. The monoisotopic (exact) mass is 228 g/mol. The number of aryl methyl sites for hydroxylation is 1. The van der Waals surface area contributed by atoms with E-state index >= 15 is 0 Å². The molecular formula is C12H12N4O. The minimum absolute atomic E-state index is 0.0523. The average Bonchev–Trinajstić information content (AvgIpc) is 2.76. The quantitative estimate of drug-likeness (QED) is 0.582. The molecule has 0 spiro atoms. The number of carbonyl (C=O) groups excluding carboxylic acids is 1. The number of Topliss-reactive ketones (excluding diaryl/α,β-unsaturated/α-hetero) is 1. The topological polar surface area (TPSA) is 60.1 Å². The van der Waals surface area contributed by atoms with Gasteiger partial charge in [-0.05, 0) is 12.1 Å². The molecule has 17 heavy (non-hydrogen) atoms. The van der Waals surface area contributed by atoms with E-state index in [1.54, 1.807) is 36.9 Å². The van der Waals surface area contributed by atoms with Crippen LogP contribution in [0.2, 0.25) is 0 Å². The third kappa shape index (κ3) is 2.84. The summed E-state index contributed by atoms with van der Waals surface area (Å²) < 4.78 is 1.83. The Morgan fingerprint density at radius 3 is 3.06 bits per heavy atom. The van der Waals surface area contributed by atoms with Gasteiger partial charge in [0.2, 0.25) is 0 Å². The van der Waals surface area contributed by atoms with Gasteiger partial charge in [0.1, 0.15) is 12.4 Å². The lowest BCUT2D eigenvalue weighted by atomic mass is 10.2. The molecule has 2 heterocycles. The molecule has 2 rings (SSSR count). The predicted molar refractivity (Wildman–Crippen MR) is 64.2 cm³/mol. The molecule has 0 aliphatic heterocycles. The molecule has 0 aromatic carbocycles. The van der Waals surface area contributed by atoms with Gasteiger partial charge in [-0.1, -0.05) is 0 Å². The van der Waals surface area contributed by atoms with Crippen LogP contribution in [0.4, 0.5) is 0 Å². The summed E-state index contributed by atoms with van der Waals surface area (Å²) in [6.45, 7) is 0.110. The first-order valence-electron chi connectivity index (χ1n) is 5.18. The molecule has 0 aliphatic rings. The summed E-state index contributed by atoms with van der Waals surface area (Å²) in [5.74, 6) is 0.674. The number of nitrogens with zero attached hydrogens (tertiary/aromatic N) is 4. The maximum Gasteiger partial charge on any atom is 0.185 e. The molecule has 0 fully saturated rings. The lowest BCUT2D eigenvalue weighted by Gasteiger charge is -1.96. The van der Waals surface area contributed by atoms with Crippen molar-refractivity contribution in [1.82, 2.24) is 14.5 Å². The Morgan fingerprint density at radius 2 is 2.41 bits per heavy atom. The van der Waals surface area contributed by atoms with Crippen molar-refractivity contribution in [2.75, 3.05) is 6.54 Å². The van der Waals surface area contributed by atoms with Crippen LogP contribution in [0.3, 0.4) is 0 Å². The summed E-state index contributed by atoms with van der Waals surface area (Å²) in [5.41, 5.74) is 0.574. The van der Waals surface area contributed by atoms with Crippen LogP contribution in [0.1, 0.15) is 16.2 Å². The zero-order chi connectivity index (χ0) is 12.1. The normalized spacial score (nSPS) is 10.9. The van der Waals surface area contributed by atoms with Crippen molar-refractivity contribution in [2.45, 2.75) is 0 Å². The Balaban J connectivity index is 1.97. The highest BCUT2D eigenvalue weighted by molar-refractivity contribution is 5.98. The number of rotatable bonds is 4. The molecule has 5 heteroatoms. The maximum absolute atomic E-state index is 11.7. The van der Waals surface area contributed by atoms with Crippen molar-refractivity contribution in [3.05, 3.63) is 48.3 Å². The number of imidazole rings is 1. The van der Waals surface area contributed by atoms with E-state index in [2.05, 4.69) is 15.0 Å². The SMILES string of the molecule is Cn1ccnc1C=NCC(=O)c1cccnc1. The lowest BCUT2D eigenvalue weighted by molar-refractivity contribution is 0.100. The van der Waals surface area contributed by atoms with Gasteiger partial charge in [0.05, 0.1) is 6.21 Å². The molecule has 0 saturated carbocycles. The number of aromatic nitrogens is 3. The molecule has 0 atom stereocenters. The van der Waals surface area contributed by atoms with E-state index in [1.807, 2.05) is 17.8 Å². The van der Waals surface area contributed by atoms with Crippen LogP contribution in [-0.4, -0.2) is 33.1 Å². The first-order valence-corrected chi connectivity index (χ1v) is 5.18. The highest BCUT2D eigenvalue weighted by Crippen LogP contribution is 1.98. The molecule has 0 amide bonds. The number of aliphatic imine (C=N–C) groups is 1. The van der Waals surface area contributed by atoms with Gasteiger partial charge >= 0.3 is 0 Å². The first-order chi connectivity index (χ1) is 8.27. The van der Waals surface area contributed by atoms with Crippen molar-refractivity contribution < 1.29 is 4.79 Å². The lowest BCUT2D eigenvalue weighted by Crippen LogP contribution is -2.04. The van der Waals surface area contributed by atoms with Gasteiger partial charge in [-0.15, -0.1) is 0 Å². The Morgan fingerprint density at radius 1 is 1.53 bits per heavy atom. The summed E-state index contributed by atoms with van der Waals surface area (Å²) in [6, 6.07) is 3.46. The summed E-state index contributed by atoms with van der Waals surface area (Å²) in [5, 5.41) is 0. The second kappa shape index (κ2) is 5.16. The van der Waals surface area contributed by atoms with E-state index < -0.39 is 0 Å². The van der Waals surface area contributed by atoms with Crippen LogP contribution in [-0.2, 0) is 7.05 Å². The number of hydrogen-bond acceptors (Lipinski definition) is 4. The number of carbonyl (C=O) groups is 1. The fourth-order valence-electron chi connectivity index (χ4n) is 1.33. The fourth-order valence-corrected chi connectivity index (χ4v) is 1.33. The number of pyridine rings is 1. The standard InChI is InChI=1S/C12H12N4O/c1-16-6-5-15-12(16)9-14-8-11(17)10-3-2-4-13-7-10/h2-7,9H,8H2,1H3. The van der Waals surface area contributed by atoms with Crippen molar-refractivity contribution >= 4 is 12.0 Å². The third-order valence-electron chi connectivity index (χ3n) is 2.28. The molecule has 0 saturated heterocycles. The van der Waals surface area contributed by atoms with Crippen LogP contribution in [0.15, 0.2) is 41.9 Å². The van der Waals surface area contributed by atoms with Crippen LogP contribution >= 0.6 is 0 Å². The minimum atomic E-state index is -0.0523. The molecule has 2 aromatic heterocycles.